The Hall–Kier alpha value is -2.77. The lowest BCUT2D eigenvalue weighted by Gasteiger charge is -2.33. The first-order valence-corrected chi connectivity index (χ1v) is 8.99. The van der Waals surface area contributed by atoms with Gasteiger partial charge in [-0.05, 0) is 44.0 Å². The van der Waals surface area contributed by atoms with Gasteiger partial charge >= 0.3 is 11.9 Å². The number of rotatable bonds is 8. The molecule has 1 atom stereocenters. The third kappa shape index (κ3) is 5.87. The maximum Gasteiger partial charge on any atom is 0.323 e. The number of hydrogen-bond acceptors (Lipinski definition) is 6. The van der Waals surface area contributed by atoms with Crippen LogP contribution in [0.2, 0.25) is 0 Å². The molecular formula is C19H26N2O6. The zero-order valence-electron chi connectivity index (χ0n) is 15.7. The van der Waals surface area contributed by atoms with Crippen LogP contribution in [0, 0.1) is 5.92 Å². The van der Waals surface area contributed by atoms with E-state index in [1.165, 1.54) is 4.90 Å². The fourth-order valence-corrected chi connectivity index (χ4v) is 3.11. The van der Waals surface area contributed by atoms with Crippen molar-refractivity contribution in [2.24, 2.45) is 5.92 Å². The summed E-state index contributed by atoms with van der Waals surface area (Å²) >= 11 is 0. The van der Waals surface area contributed by atoms with Crippen LogP contribution < -0.4 is 9.64 Å². The Morgan fingerprint density at radius 3 is 2.52 bits per heavy atom. The minimum atomic E-state index is -1.03. The van der Waals surface area contributed by atoms with E-state index in [2.05, 4.69) is 0 Å². The predicted molar refractivity (Wildman–Crippen MR) is 98.8 cm³/mol. The highest BCUT2D eigenvalue weighted by atomic mass is 16.5. The first-order valence-electron chi connectivity index (χ1n) is 8.99. The fourth-order valence-electron chi connectivity index (χ4n) is 3.11. The molecule has 0 aromatic heterocycles. The highest BCUT2D eigenvalue weighted by Gasteiger charge is 2.30. The van der Waals surface area contributed by atoms with E-state index in [-0.39, 0.29) is 30.9 Å². The summed E-state index contributed by atoms with van der Waals surface area (Å²) in [5.41, 5.74) is 0.616. The van der Waals surface area contributed by atoms with Crippen molar-refractivity contribution in [3.05, 3.63) is 24.3 Å². The number of carbonyl (C=O) groups is 3. The lowest BCUT2D eigenvalue weighted by molar-refractivity contribution is -0.151. The number of amides is 1. The highest BCUT2D eigenvalue weighted by molar-refractivity contribution is 5.85. The van der Waals surface area contributed by atoms with Crippen molar-refractivity contribution in [2.75, 3.05) is 44.8 Å². The Kier molecular flexibility index (Phi) is 7.45. The van der Waals surface area contributed by atoms with Crippen molar-refractivity contribution >= 4 is 23.5 Å². The maximum atomic E-state index is 12.7. The molecule has 8 heteroatoms. The minimum Gasteiger partial charge on any atom is -0.497 e. The zero-order chi connectivity index (χ0) is 19.8. The van der Waals surface area contributed by atoms with Crippen LogP contribution in [0.15, 0.2) is 24.3 Å². The second kappa shape index (κ2) is 9.80. The molecule has 1 N–H and O–H groups in total. The number of ether oxygens (including phenoxy) is 2. The number of nitrogens with zero attached hydrogens (tertiary/aromatic N) is 2. The molecule has 0 radical (unpaired) electrons. The number of likely N-dealkylation sites (tertiary alicyclic amines) is 1. The molecule has 1 aromatic rings. The summed E-state index contributed by atoms with van der Waals surface area (Å²) in [4.78, 5) is 39.0. The van der Waals surface area contributed by atoms with Crippen LogP contribution in [0.5, 0.6) is 5.75 Å². The molecule has 8 nitrogen and oxygen atoms in total. The monoisotopic (exact) mass is 378 g/mol. The minimum absolute atomic E-state index is 0.0752. The van der Waals surface area contributed by atoms with E-state index in [1.54, 1.807) is 43.2 Å². The molecule has 1 heterocycles. The van der Waals surface area contributed by atoms with Crippen LogP contribution in [0.25, 0.3) is 0 Å². The van der Waals surface area contributed by atoms with Gasteiger partial charge < -0.3 is 24.4 Å². The van der Waals surface area contributed by atoms with Crippen molar-refractivity contribution < 1.29 is 29.0 Å². The van der Waals surface area contributed by atoms with E-state index >= 15 is 0 Å². The summed E-state index contributed by atoms with van der Waals surface area (Å²) in [6.45, 7) is 2.55. The van der Waals surface area contributed by atoms with Crippen molar-refractivity contribution in [2.45, 2.75) is 19.8 Å². The third-order valence-corrected chi connectivity index (χ3v) is 4.48. The Balaban J connectivity index is 2.05. The van der Waals surface area contributed by atoms with E-state index in [1.807, 2.05) is 0 Å². The Labute approximate surface area is 158 Å². The van der Waals surface area contributed by atoms with Gasteiger partial charge in [0.05, 0.1) is 26.2 Å². The molecule has 0 saturated carbocycles. The number of carboxylic acids is 1. The number of benzene rings is 1. The van der Waals surface area contributed by atoms with Gasteiger partial charge in [0.15, 0.2) is 0 Å². The number of methoxy groups -OCH3 is 1. The van der Waals surface area contributed by atoms with Gasteiger partial charge in [0, 0.05) is 18.8 Å². The molecule has 1 aliphatic heterocycles. The second-order valence-corrected chi connectivity index (χ2v) is 6.38. The van der Waals surface area contributed by atoms with Gasteiger partial charge in [0.25, 0.3) is 0 Å². The molecule has 27 heavy (non-hydrogen) atoms. The molecule has 0 unspecified atom stereocenters. The maximum absolute atomic E-state index is 12.7. The van der Waals surface area contributed by atoms with Crippen LogP contribution in [-0.2, 0) is 19.1 Å². The topological polar surface area (TPSA) is 96.4 Å². The summed E-state index contributed by atoms with van der Waals surface area (Å²) < 4.78 is 10.2. The van der Waals surface area contributed by atoms with Gasteiger partial charge in [-0.1, -0.05) is 0 Å². The van der Waals surface area contributed by atoms with Crippen molar-refractivity contribution in [3.8, 4) is 5.75 Å². The number of anilines is 1. The Bertz CT molecular complexity index is 661. The van der Waals surface area contributed by atoms with Crippen LogP contribution in [0.4, 0.5) is 5.69 Å². The summed E-state index contributed by atoms with van der Waals surface area (Å²) in [6.07, 6.45) is 1.41. The largest absolute Gasteiger partial charge is 0.497 e. The van der Waals surface area contributed by atoms with E-state index in [9.17, 15) is 19.5 Å². The molecule has 1 saturated heterocycles. The van der Waals surface area contributed by atoms with Crippen LogP contribution in [0.1, 0.15) is 19.8 Å². The van der Waals surface area contributed by atoms with Crippen molar-refractivity contribution in [3.63, 3.8) is 0 Å². The third-order valence-electron chi connectivity index (χ3n) is 4.48. The summed E-state index contributed by atoms with van der Waals surface area (Å²) in [7, 11) is 1.55. The van der Waals surface area contributed by atoms with Crippen LogP contribution in [-0.4, -0.2) is 67.7 Å². The van der Waals surface area contributed by atoms with Gasteiger partial charge in [-0.3, -0.25) is 14.4 Å². The zero-order valence-corrected chi connectivity index (χ0v) is 15.7. The normalized spacial score (nSPS) is 16.5. The predicted octanol–water partition coefficient (Wildman–Crippen LogP) is 1.39. The SMILES string of the molecule is CCOC(=O)[C@H]1CCCN(C(=O)CN(CC(=O)O)c2ccc(OC)cc2)C1. The fraction of sp³-hybridized carbons (Fsp3) is 0.526. The van der Waals surface area contributed by atoms with E-state index < -0.39 is 5.97 Å². The number of aliphatic carboxylic acids is 1. The van der Waals surface area contributed by atoms with Gasteiger partial charge in [-0.25, -0.2) is 0 Å². The second-order valence-electron chi connectivity index (χ2n) is 6.38. The summed E-state index contributed by atoms with van der Waals surface area (Å²) in [5.74, 6) is -1.19. The summed E-state index contributed by atoms with van der Waals surface area (Å²) in [6, 6.07) is 6.86. The lowest BCUT2D eigenvalue weighted by atomic mass is 9.98. The first-order chi connectivity index (χ1) is 12.9. The molecule has 2 rings (SSSR count). The van der Waals surface area contributed by atoms with Gasteiger partial charge in [-0.15, -0.1) is 0 Å². The van der Waals surface area contributed by atoms with E-state index in [0.29, 0.717) is 37.6 Å². The quantitative estimate of drug-likeness (QED) is 0.683. The van der Waals surface area contributed by atoms with Gasteiger partial charge in [0.2, 0.25) is 5.91 Å². The van der Waals surface area contributed by atoms with Crippen molar-refractivity contribution in [1.82, 2.24) is 4.90 Å². The molecule has 1 aromatic carbocycles. The Morgan fingerprint density at radius 1 is 1.22 bits per heavy atom. The molecule has 148 valence electrons. The average Bonchev–Trinajstić information content (AvgIpc) is 2.67. The lowest BCUT2D eigenvalue weighted by Crippen LogP contribution is -2.47. The smallest absolute Gasteiger partial charge is 0.323 e. The molecular weight excluding hydrogens is 352 g/mol. The number of hydrogen-bond donors (Lipinski definition) is 1. The molecule has 1 aliphatic rings. The number of piperidine rings is 1. The molecule has 0 spiro atoms. The number of esters is 1. The molecule has 0 aliphatic carbocycles. The molecule has 1 amide bonds. The number of carbonyl (C=O) groups excluding carboxylic acids is 2. The van der Waals surface area contributed by atoms with Crippen LogP contribution in [0.3, 0.4) is 0 Å². The highest BCUT2D eigenvalue weighted by Crippen LogP contribution is 2.21. The molecule has 1 fully saturated rings. The van der Waals surface area contributed by atoms with Gasteiger partial charge in [-0.2, -0.15) is 0 Å². The number of carboxylic acid groups (broad SMARTS) is 1. The van der Waals surface area contributed by atoms with Crippen molar-refractivity contribution in [1.29, 1.82) is 0 Å². The average molecular weight is 378 g/mol. The summed E-state index contributed by atoms with van der Waals surface area (Å²) in [5, 5.41) is 9.19. The standard InChI is InChI=1S/C19H26N2O6/c1-3-27-19(25)14-5-4-10-20(11-14)17(22)12-21(13-18(23)24)15-6-8-16(26-2)9-7-15/h6-9,14H,3-5,10-13H2,1-2H3,(H,23,24)/t14-/m0/s1. The van der Waals surface area contributed by atoms with E-state index in [0.717, 1.165) is 6.42 Å². The Morgan fingerprint density at radius 2 is 1.93 bits per heavy atom. The van der Waals surface area contributed by atoms with Crippen LogP contribution >= 0.6 is 0 Å². The first kappa shape index (κ1) is 20.5. The van der Waals surface area contributed by atoms with E-state index in [4.69, 9.17) is 9.47 Å². The van der Waals surface area contributed by atoms with Gasteiger partial charge in [0.1, 0.15) is 12.3 Å². The molecule has 0 bridgehead atoms.